The van der Waals surface area contributed by atoms with Crippen molar-refractivity contribution in [2.75, 3.05) is 0 Å². The van der Waals surface area contributed by atoms with E-state index in [0.717, 1.165) is 11.4 Å². The summed E-state index contributed by atoms with van der Waals surface area (Å²) in [6, 6.07) is 90.8. The summed E-state index contributed by atoms with van der Waals surface area (Å²) in [4.78, 5) is 0. The van der Waals surface area contributed by atoms with Gasteiger partial charge in [-0.1, -0.05) is 188 Å². The van der Waals surface area contributed by atoms with Crippen molar-refractivity contribution in [3.8, 4) is 22.5 Å². The summed E-state index contributed by atoms with van der Waals surface area (Å²) >= 11 is 0. The standard InChI is InChI=1S/C66H45N3Si/c1-5-22-48(23-6-1)67-61-36-16-13-33-55(61)58-42-47(39-40-64(58)67)46-21-19-31-53(41-46)70(51-27-9-3-10-28-51,52-29-11-4-12-30-52)54-32-20-26-50(43-54)69-63-38-18-15-35-57(63)60-44-65-59(45-66(60)69)56-34-14-17-37-62(56)68(65)49-24-7-2-8-25-49/h1-7,9-45,49H. The highest BCUT2D eigenvalue weighted by Gasteiger charge is 2.42. The smallest absolute Gasteiger partial charge is 0.179 e. The van der Waals surface area contributed by atoms with Crippen LogP contribution in [0.15, 0.2) is 273 Å². The highest BCUT2D eigenvalue weighted by Crippen LogP contribution is 2.41. The van der Waals surface area contributed by atoms with Gasteiger partial charge in [0.25, 0.3) is 0 Å². The molecule has 0 N–H and O–H groups in total. The maximum atomic E-state index is 3.37. The molecule has 0 amide bonds. The summed E-state index contributed by atoms with van der Waals surface area (Å²) in [5.41, 5.74) is 15.3. The Labute approximate surface area is 407 Å². The van der Waals surface area contributed by atoms with E-state index in [1.54, 1.807) is 0 Å². The third kappa shape index (κ3) is 6.08. The molecule has 13 aromatic rings. The number of rotatable bonds is 8. The Morgan fingerprint density at radius 3 is 1.49 bits per heavy atom. The molecule has 0 saturated heterocycles. The first kappa shape index (κ1) is 40.2. The maximum absolute atomic E-state index is 3.37. The Morgan fingerprint density at radius 2 is 0.814 bits per heavy atom. The first-order valence-electron chi connectivity index (χ1n) is 24.2. The largest absolute Gasteiger partial charge is 0.329 e. The Balaban J connectivity index is 0.996. The first-order chi connectivity index (χ1) is 34.7. The van der Waals surface area contributed by atoms with Crippen molar-refractivity contribution < 1.29 is 0 Å². The molecule has 0 spiro atoms. The van der Waals surface area contributed by atoms with Crippen LogP contribution < -0.4 is 20.7 Å². The summed E-state index contributed by atoms with van der Waals surface area (Å²) in [7, 11) is -3.02. The molecule has 3 nitrogen and oxygen atoms in total. The SMILES string of the molecule is C1=CC=CC(n2c3ccccc3c3cc4c(cc32)c2ccccc2n4-c2cccc([Si](c3ccccc3)(c3ccccc3)c3cccc(-c4ccc5c(c4)c4ccccc4n5-c4ccccc4)c3)c2)C=1. The molecule has 1 aliphatic rings. The van der Waals surface area contributed by atoms with Gasteiger partial charge < -0.3 is 13.7 Å². The molecule has 70 heavy (non-hydrogen) atoms. The quantitative estimate of drug-likeness (QED) is 0.0820. The number of hydrogen-bond donors (Lipinski definition) is 0. The number of fused-ring (bicyclic) bond motifs is 9. The lowest BCUT2D eigenvalue weighted by atomic mass is 10.0. The van der Waals surface area contributed by atoms with Crippen LogP contribution in [0.1, 0.15) is 6.04 Å². The summed E-state index contributed by atoms with van der Waals surface area (Å²) in [6.07, 6.45) is 8.53. The third-order valence-corrected chi connectivity index (χ3v) is 19.6. The molecule has 3 aromatic heterocycles. The van der Waals surface area contributed by atoms with Crippen LogP contribution in [0.25, 0.3) is 87.9 Å². The van der Waals surface area contributed by atoms with Gasteiger partial charge in [0.15, 0.2) is 8.07 Å². The van der Waals surface area contributed by atoms with E-state index >= 15 is 0 Å². The third-order valence-electron chi connectivity index (χ3n) is 14.8. The average Bonchev–Trinajstić information content (AvgIpc) is 4.07. The number of hydrogen-bond acceptors (Lipinski definition) is 0. The van der Waals surface area contributed by atoms with Gasteiger partial charge in [-0.15, -0.1) is 5.73 Å². The van der Waals surface area contributed by atoms with Crippen LogP contribution in [0, 0.1) is 0 Å². The molecular weight excluding hydrogens is 863 g/mol. The van der Waals surface area contributed by atoms with Gasteiger partial charge in [-0.2, -0.15) is 0 Å². The number of nitrogens with zero attached hydrogens (tertiary/aromatic N) is 3. The fraction of sp³-hybridized carbons (Fsp3) is 0.0152. The van der Waals surface area contributed by atoms with E-state index in [0.29, 0.717) is 0 Å². The Hall–Kier alpha value is -8.92. The lowest BCUT2D eigenvalue weighted by Crippen LogP contribution is -2.74. The molecule has 3 heterocycles. The zero-order valence-corrected chi connectivity index (χ0v) is 39.3. The number of benzene rings is 10. The van der Waals surface area contributed by atoms with Crippen LogP contribution in [-0.2, 0) is 0 Å². The number of aromatic nitrogens is 3. The fourth-order valence-electron chi connectivity index (χ4n) is 11.8. The average molecular weight is 908 g/mol. The van der Waals surface area contributed by atoms with Crippen LogP contribution in [0.3, 0.4) is 0 Å². The first-order valence-corrected chi connectivity index (χ1v) is 26.2. The molecule has 1 unspecified atom stereocenters. The van der Waals surface area contributed by atoms with Crippen LogP contribution in [0.5, 0.6) is 0 Å². The molecule has 0 aliphatic heterocycles. The molecule has 4 heteroatoms. The van der Waals surface area contributed by atoms with E-state index in [1.165, 1.54) is 97.3 Å². The summed E-state index contributed by atoms with van der Waals surface area (Å²) in [5, 5.41) is 12.8. The molecule has 328 valence electrons. The van der Waals surface area contributed by atoms with E-state index in [-0.39, 0.29) is 6.04 Å². The lowest BCUT2D eigenvalue weighted by Gasteiger charge is -2.35. The van der Waals surface area contributed by atoms with E-state index in [9.17, 15) is 0 Å². The van der Waals surface area contributed by atoms with Gasteiger partial charge in [0.05, 0.1) is 33.6 Å². The predicted octanol–water partition coefficient (Wildman–Crippen LogP) is 13.9. The van der Waals surface area contributed by atoms with Crippen LogP contribution >= 0.6 is 0 Å². The second-order valence-electron chi connectivity index (χ2n) is 18.5. The van der Waals surface area contributed by atoms with Gasteiger partial charge >= 0.3 is 0 Å². The zero-order chi connectivity index (χ0) is 46.2. The molecule has 1 aliphatic carbocycles. The Morgan fingerprint density at radius 1 is 0.329 bits per heavy atom. The monoisotopic (exact) mass is 907 g/mol. The van der Waals surface area contributed by atoms with Crippen molar-refractivity contribution in [1.82, 2.24) is 13.7 Å². The fourth-order valence-corrected chi connectivity index (χ4v) is 16.7. The molecule has 0 saturated carbocycles. The van der Waals surface area contributed by atoms with Gasteiger partial charge in [-0.3, -0.25) is 0 Å². The van der Waals surface area contributed by atoms with E-state index in [4.69, 9.17) is 0 Å². The highest BCUT2D eigenvalue weighted by atomic mass is 28.3. The molecule has 10 aromatic carbocycles. The van der Waals surface area contributed by atoms with Crippen LogP contribution in [0.4, 0.5) is 0 Å². The molecule has 0 radical (unpaired) electrons. The van der Waals surface area contributed by atoms with Crippen molar-refractivity contribution >= 4 is 94.2 Å². The summed E-state index contributed by atoms with van der Waals surface area (Å²) < 4.78 is 7.38. The van der Waals surface area contributed by atoms with Gasteiger partial charge in [0.2, 0.25) is 0 Å². The van der Waals surface area contributed by atoms with Crippen molar-refractivity contribution in [2.45, 2.75) is 6.04 Å². The van der Waals surface area contributed by atoms with Gasteiger partial charge in [-0.05, 0) is 111 Å². The lowest BCUT2D eigenvalue weighted by molar-refractivity contribution is 0.780. The second kappa shape index (κ2) is 16.1. The van der Waals surface area contributed by atoms with Gasteiger partial charge in [0, 0.05) is 49.2 Å². The number of allylic oxidation sites excluding steroid dienone is 3. The topological polar surface area (TPSA) is 14.8 Å². The summed E-state index contributed by atoms with van der Waals surface area (Å²) in [5.74, 6) is 0. The van der Waals surface area contributed by atoms with Gasteiger partial charge in [-0.25, -0.2) is 0 Å². The van der Waals surface area contributed by atoms with Crippen molar-refractivity contribution in [1.29, 1.82) is 0 Å². The van der Waals surface area contributed by atoms with E-state index in [2.05, 4.69) is 280 Å². The summed E-state index contributed by atoms with van der Waals surface area (Å²) in [6.45, 7) is 0. The normalized spacial score (nSPS) is 13.7. The second-order valence-corrected chi connectivity index (χ2v) is 22.3. The van der Waals surface area contributed by atoms with Crippen molar-refractivity contribution in [2.24, 2.45) is 0 Å². The van der Waals surface area contributed by atoms with Crippen LogP contribution in [-0.4, -0.2) is 21.8 Å². The highest BCUT2D eigenvalue weighted by molar-refractivity contribution is 7.20. The van der Waals surface area contributed by atoms with E-state index in [1.807, 2.05) is 6.08 Å². The van der Waals surface area contributed by atoms with E-state index < -0.39 is 8.07 Å². The Bertz CT molecular complexity index is 4240. The minimum Gasteiger partial charge on any atom is -0.329 e. The van der Waals surface area contributed by atoms with Gasteiger partial charge in [0.1, 0.15) is 0 Å². The molecule has 1 atom stereocenters. The molecular formula is C66H45N3Si. The molecule has 0 bridgehead atoms. The molecule has 0 fully saturated rings. The van der Waals surface area contributed by atoms with Crippen molar-refractivity contribution in [3.05, 3.63) is 273 Å². The van der Waals surface area contributed by atoms with Crippen LogP contribution in [0.2, 0.25) is 0 Å². The predicted molar refractivity (Wildman–Crippen MR) is 298 cm³/mol. The minimum absolute atomic E-state index is 0.0758. The zero-order valence-electron chi connectivity index (χ0n) is 38.3. The van der Waals surface area contributed by atoms with Crippen molar-refractivity contribution in [3.63, 3.8) is 0 Å². The maximum Gasteiger partial charge on any atom is 0.179 e. The molecule has 14 rings (SSSR count). The Kier molecular flexibility index (Phi) is 9.25. The number of para-hydroxylation sites is 4. The minimum atomic E-state index is -3.02.